The van der Waals surface area contributed by atoms with Crippen LogP contribution in [0.25, 0.3) is 0 Å². The molecular formula is C16H12F4N2O3S2. The Kier molecular flexibility index (Phi) is 5.17. The molecule has 2 heterocycles. The molecule has 5 nitrogen and oxygen atoms in total. The van der Waals surface area contributed by atoms with Gasteiger partial charge in [-0.05, 0) is 30.2 Å². The second-order valence-electron chi connectivity index (χ2n) is 5.63. The van der Waals surface area contributed by atoms with Gasteiger partial charge in [0, 0.05) is 16.8 Å². The quantitative estimate of drug-likeness (QED) is 0.770. The third-order valence-electron chi connectivity index (χ3n) is 3.91. The summed E-state index contributed by atoms with van der Waals surface area (Å²) in [5, 5.41) is 1.13. The summed E-state index contributed by atoms with van der Waals surface area (Å²) < 4.78 is 75.9. The van der Waals surface area contributed by atoms with Crippen molar-refractivity contribution in [1.29, 1.82) is 0 Å². The Morgan fingerprint density at radius 1 is 1.22 bits per heavy atom. The van der Waals surface area contributed by atoms with Crippen molar-refractivity contribution in [1.82, 2.24) is 10.3 Å². The van der Waals surface area contributed by atoms with E-state index in [1.165, 1.54) is 23.9 Å². The van der Waals surface area contributed by atoms with Crippen molar-refractivity contribution in [3.63, 3.8) is 0 Å². The fraction of sp³-hybridized carbons (Fsp3) is 0.250. The third kappa shape index (κ3) is 3.65. The number of carbonyl (C=O) groups is 1. The van der Waals surface area contributed by atoms with Gasteiger partial charge in [-0.2, -0.15) is 13.2 Å². The molecule has 1 aliphatic heterocycles. The predicted octanol–water partition coefficient (Wildman–Crippen LogP) is 3.48. The number of thioether (sulfide) groups is 1. The number of carbonyl (C=O) groups excluding carboxylic acids is 1. The van der Waals surface area contributed by atoms with Crippen molar-refractivity contribution in [2.24, 2.45) is 0 Å². The van der Waals surface area contributed by atoms with Crippen molar-refractivity contribution in [2.75, 3.05) is 5.75 Å². The summed E-state index contributed by atoms with van der Waals surface area (Å²) in [5.41, 5.74) is -5.82. The van der Waals surface area contributed by atoms with Crippen molar-refractivity contribution in [3.05, 3.63) is 53.5 Å². The molecule has 1 aromatic carbocycles. The summed E-state index contributed by atoms with van der Waals surface area (Å²) in [5.74, 6) is -1.00. The monoisotopic (exact) mass is 420 g/mol. The van der Waals surface area contributed by atoms with E-state index in [0.717, 1.165) is 18.3 Å². The lowest BCUT2D eigenvalue weighted by atomic mass is 10.0. The van der Waals surface area contributed by atoms with Crippen molar-refractivity contribution in [2.45, 2.75) is 27.9 Å². The first-order valence-electron chi connectivity index (χ1n) is 7.61. The van der Waals surface area contributed by atoms with Gasteiger partial charge in [0.05, 0.1) is 11.6 Å². The van der Waals surface area contributed by atoms with Crippen LogP contribution in [-0.2, 0) is 9.84 Å². The number of rotatable bonds is 3. The number of pyridine rings is 1. The van der Waals surface area contributed by atoms with Gasteiger partial charge in [0.25, 0.3) is 15.7 Å². The molecule has 0 saturated carbocycles. The molecule has 1 aliphatic rings. The Morgan fingerprint density at radius 3 is 2.67 bits per heavy atom. The summed E-state index contributed by atoms with van der Waals surface area (Å²) in [7, 11) is -5.80. The van der Waals surface area contributed by atoms with Gasteiger partial charge in [0.2, 0.25) is 0 Å². The number of fused-ring (bicyclic) bond motifs is 1. The van der Waals surface area contributed by atoms with Gasteiger partial charge >= 0.3 is 5.51 Å². The highest BCUT2D eigenvalue weighted by Gasteiger charge is 2.49. The average Bonchev–Trinajstić information content (AvgIpc) is 2.61. The molecule has 0 bridgehead atoms. The van der Waals surface area contributed by atoms with E-state index < -0.39 is 43.7 Å². The fourth-order valence-electron chi connectivity index (χ4n) is 2.66. The number of hydrogen-bond donors (Lipinski definition) is 1. The smallest absolute Gasteiger partial charge is 0.345 e. The van der Waals surface area contributed by atoms with Gasteiger partial charge in [0.15, 0.2) is 5.03 Å². The van der Waals surface area contributed by atoms with E-state index in [0.29, 0.717) is 22.6 Å². The van der Waals surface area contributed by atoms with Gasteiger partial charge in [-0.15, -0.1) is 11.8 Å². The maximum Gasteiger partial charge on any atom is 0.503 e. The second-order valence-corrected chi connectivity index (χ2v) is 8.59. The van der Waals surface area contributed by atoms with E-state index in [1.54, 1.807) is 6.07 Å². The third-order valence-corrected chi connectivity index (χ3v) is 6.51. The van der Waals surface area contributed by atoms with Crippen molar-refractivity contribution < 1.29 is 30.8 Å². The predicted molar refractivity (Wildman–Crippen MR) is 89.4 cm³/mol. The molecule has 144 valence electrons. The fourth-order valence-corrected chi connectivity index (χ4v) is 4.67. The summed E-state index contributed by atoms with van der Waals surface area (Å²) in [4.78, 5) is 16.1. The number of amides is 1. The Labute approximate surface area is 156 Å². The Hall–Kier alpha value is -2.14. The lowest BCUT2D eigenvalue weighted by Gasteiger charge is -2.26. The SMILES string of the molecule is O=C(N[C@@H]1CCSc2c(F)cccc21)c1cccnc1S(=O)(=O)C(F)(F)F. The molecule has 0 saturated heterocycles. The molecule has 1 aromatic heterocycles. The number of nitrogens with one attached hydrogen (secondary N) is 1. The summed E-state index contributed by atoms with van der Waals surface area (Å²) >= 11 is 1.27. The molecular weight excluding hydrogens is 408 g/mol. The van der Waals surface area contributed by atoms with Crippen LogP contribution >= 0.6 is 11.8 Å². The number of aromatic nitrogens is 1. The van der Waals surface area contributed by atoms with E-state index in [1.807, 2.05) is 0 Å². The van der Waals surface area contributed by atoms with Gasteiger partial charge in [-0.1, -0.05) is 12.1 Å². The molecule has 27 heavy (non-hydrogen) atoms. The molecule has 0 radical (unpaired) electrons. The average molecular weight is 420 g/mol. The van der Waals surface area contributed by atoms with Gasteiger partial charge in [-0.25, -0.2) is 17.8 Å². The van der Waals surface area contributed by atoms with Crippen LogP contribution in [0.2, 0.25) is 0 Å². The molecule has 2 aromatic rings. The van der Waals surface area contributed by atoms with E-state index in [9.17, 15) is 30.8 Å². The largest absolute Gasteiger partial charge is 0.503 e. The minimum Gasteiger partial charge on any atom is -0.345 e. The second kappa shape index (κ2) is 7.12. The van der Waals surface area contributed by atoms with E-state index in [2.05, 4.69) is 10.3 Å². The lowest BCUT2D eigenvalue weighted by Crippen LogP contribution is -2.33. The minimum absolute atomic E-state index is 0.350. The van der Waals surface area contributed by atoms with Crippen LogP contribution < -0.4 is 5.32 Å². The van der Waals surface area contributed by atoms with Crippen molar-refractivity contribution in [3.8, 4) is 0 Å². The molecule has 1 amide bonds. The van der Waals surface area contributed by atoms with Crippen LogP contribution in [-0.4, -0.2) is 30.6 Å². The maximum atomic E-state index is 13.9. The molecule has 1 atom stereocenters. The highest BCUT2D eigenvalue weighted by molar-refractivity contribution is 7.99. The Morgan fingerprint density at radius 2 is 1.96 bits per heavy atom. The molecule has 1 N–H and O–H groups in total. The van der Waals surface area contributed by atoms with Crippen molar-refractivity contribution >= 4 is 27.5 Å². The summed E-state index contributed by atoms with van der Waals surface area (Å²) in [6.07, 6.45) is 1.27. The Balaban J connectivity index is 1.95. The first-order chi connectivity index (χ1) is 12.6. The topological polar surface area (TPSA) is 76.1 Å². The van der Waals surface area contributed by atoms with Crippen LogP contribution in [0.4, 0.5) is 17.6 Å². The zero-order valence-corrected chi connectivity index (χ0v) is 15.1. The zero-order chi connectivity index (χ0) is 19.8. The van der Waals surface area contributed by atoms with Crippen LogP contribution in [0.1, 0.15) is 28.4 Å². The maximum absolute atomic E-state index is 13.9. The van der Waals surface area contributed by atoms with E-state index in [-0.39, 0.29) is 0 Å². The van der Waals surface area contributed by atoms with Crippen LogP contribution in [0.3, 0.4) is 0 Å². The van der Waals surface area contributed by atoms with E-state index >= 15 is 0 Å². The number of benzene rings is 1. The number of nitrogens with zero attached hydrogens (tertiary/aromatic N) is 1. The molecule has 0 aliphatic carbocycles. The number of sulfone groups is 1. The van der Waals surface area contributed by atoms with E-state index in [4.69, 9.17) is 0 Å². The summed E-state index contributed by atoms with van der Waals surface area (Å²) in [6, 6.07) is 5.78. The van der Waals surface area contributed by atoms with Gasteiger partial charge in [0.1, 0.15) is 5.82 Å². The normalized spacial score (nSPS) is 17.3. The number of hydrogen-bond acceptors (Lipinski definition) is 5. The van der Waals surface area contributed by atoms with Gasteiger partial charge in [-0.3, -0.25) is 4.79 Å². The molecule has 0 unspecified atom stereocenters. The Bertz CT molecular complexity index is 993. The number of alkyl halides is 3. The zero-order valence-electron chi connectivity index (χ0n) is 13.5. The van der Waals surface area contributed by atoms with Crippen LogP contribution in [0.15, 0.2) is 46.5 Å². The van der Waals surface area contributed by atoms with Crippen LogP contribution in [0, 0.1) is 5.82 Å². The minimum atomic E-state index is -5.80. The standard InChI is InChI=1S/C16H12F4N2O3S2/c17-11-5-1-3-9-12(6-8-26-13(9)11)22-14(23)10-4-2-7-21-15(10)27(24,25)16(18,19)20/h1-5,7,12H,6,8H2,(H,22,23)/t12-/m1/s1. The molecule has 0 fully saturated rings. The van der Waals surface area contributed by atoms with Crippen LogP contribution in [0.5, 0.6) is 0 Å². The lowest BCUT2D eigenvalue weighted by molar-refractivity contribution is -0.0438. The molecule has 11 heteroatoms. The number of halogens is 4. The molecule has 0 spiro atoms. The first-order valence-corrected chi connectivity index (χ1v) is 10.1. The van der Waals surface area contributed by atoms with Gasteiger partial charge < -0.3 is 5.32 Å². The highest BCUT2D eigenvalue weighted by Crippen LogP contribution is 2.38. The first kappa shape index (κ1) is 19.6. The highest BCUT2D eigenvalue weighted by atomic mass is 32.2. The summed E-state index contributed by atoms with van der Waals surface area (Å²) in [6.45, 7) is 0. The molecule has 3 rings (SSSR count).